The number of hydrogen-bond acceptors (Lipinski definition) is 5. The predicted molar refractivity (Wildman–Crippen MR) is 217 cm³/mol. The van der Waals surface area contributed by atoms with E-state index in [9.17, 15) is 19.4 Å². The molecule has 0 aliphatic carbocycles. The quantitative estimate of drug-likeness (QED) is 0.0252. The molecule has 3 N–H and O–H groups in total. The molecule has 0 spiro atoms. The van der Waals surface area contributed by atoms with Gasteiger partial charge in [0, 0.05) is 6.42 Å². The Morgan fingerprint density at radius 3 is 1.57 bits per heavy atom. The van der Waals surface area contributed by atoms with Crippen LogP contribution < -0.4 is 5.32 Å². The standard InChI is InChI=1S/C42H83N2O6P/c1-6-8-10-12-14-16-18-20-21-22-24-26-28-30-32-34-36-42(46)43-40(39-50-51(47,48)49-38-37-44(3,4)5)41(45)35-33-31-29-27-25-23-19-17-15-13-11-9-7-2/h25,27,33,35,40-41,45H,6-24,26,28-32,34,36-39H2,1-5H3,(H-,43,46,47,48)/p+1/b27-25+,35-33+/t40-,41+/m0/s1. The van der Waals surface area contributed by atoms with Crippen molar-refractivity contribution < 1.29 is 32.9 Å². The topological polar surface area (TPSA) is 105 Å². The predicted octanol–water partition coefficient (Wildman–Crippen LogP) is 11.4. The Hall–Kier alpha value is -1.02. The first-order valence-corrected chi connectivity index (χ1v) is 22.7. The number of unbranched alkanes of at least 4 members (excludes halogenated alkanes) is 23. The second-order valence-electron chi connectivity index (χ2n) is 15.7. The van der Waals surface area contributed by atoms with Crippen LogP contribution in [0.3, 0.4) is 0 Å². The molecule has 0 heterocycles. The van der Waals surface area contributed by atoms with Gasteiger partial charge in [0.15, 0.2) is 0 Å². The van der Waals surface area contributed by atoms with Gasteiger partial charge in [-0.25, -0.2) is 4.57 Å². The van der Waals surface area contributed by atoms with Crippen LogP contribution in [0.5, 0.6) is 0 Å². The maximum atomic E-state index is 12.8. The van der Waals surface area contributed by atoms with Crippen LogP contribution in [0.2, 0.25) is 0 Å². The largest absolute Gasteiger partial charge is 0.472 e. The van der Waals surface area contributed by atoms with Gasteiger partial charge < -0.3 is 19.8 Å². The van der Waals surface area contributed by atoms with Crippen LogP contribution >= 0.6 is 7.82 Å². The lowest BCUT2D eigenvalue weighted by Gasteiger charge is -2.25. The maximum Gasteiger partial charge on any atom is 0.472 e. The average molecular weight is 744 g/mol. The lowest BCUT2D eigenvalue weighted by atomic mass is 10.0. The minimum Gasteiger partial charge on any atom is -0.387 e. The average Bonchev–Trinajstić information content (AvgIpc) is 3.07. The van der Waals surface area contributed by atoms with Crippen LogP contribution in [0.25, 0.3) is 0 Å². The van der Waals surface area contributed by atoms with Crippen LogP contribution in [0, 0.1) is 0 Å². The fraction of sp³-hybridized carbons (Fsp3) is 0.881. The van der Waals surface area contributed by atoms with Gasteiger partial charge in [-0.3, -0.25) is 13.8 Å². The molecule has 0 rings (SSSR count). The maximum absolute atomic E-state index is 12.8. The van der Waals surface area contributed by atoms with Crippen molar-refractivity contribution in [3.05, 3.63) is 24.3 Å². The van der Waals surface area contributed by atoms with Crippen LogP contribution in [0.4, 0.5) is 0 Å². The summed E-state index contributed by atoms with van der Waals surface area (Å²) >= 11 is 0. The van der Waals surface area contributed by atoms with E-state index in [0.29, 0.717) is 17.4 Å². The summed E-state index contributed by atoms with van der Waals surface area (Å²) in [6.07, 6.45) is 39.6. The van der Waals surface area contributed by atoms with E-state index in [1.54, 1.807) is 6.08 Å². The third-order valence-corrected chi connectivity index (χ3v) is 10.4. The highest BCUT2D eigenvalue weighted by molar-refractivity contribution is 7.47. The molecule has 0 aliphatic heterocycles. The number of rotatable bonds is 38. The summed E-state index contributed by atoms with van der Waals surface area (Å²) in [5, 5.41) is 13.8. The first-order chi connectivity index (χ1) is 24.5. The number of carbonyl (C=O) groups is 1. The van der Waals surface area contributed by atoms with Gasteiger partial charge in [0.05, 0.1) is 39.9 Å². The molecule has 8 nitrogen and oxygen atoms in total. The minimum absolute atomic E-state index is 0.0580. The number of nitrogens with one attached hydrogen (secondary N) is 1. The number of carbonyl (C=O) groups excluding carboxylic acids is 1. The molecule has 9 heteroatoms. The summed E-state index contributed by atoms with van der Waals surface area (Å²) < 4.78 is 23.5. The number of likely N-dealkylation sites (N-methyl/N-ethyl adjacent to an activating group) is 1. The number of amides is 1. The molecule has 51 heavy (non-hydrogen) atoms. The Kier molecular flexibility index (Phi) is 34.0. The smallest absolute Gasteiger partial charge is 0.387 e. The fourth-order valence-electron chi connectivity index (χ4n) is 6.00. The van der Waals surface area contributed by atoms with Gasteiger partial charge in [-0.1, -0.05) is 173 Å². The molecule has 0 saturated carbocycles. The van der Waals surface area contributed by atoms with Crippen molar-refractivity contribution in [1.82, 2.24) is 5.32 Å². The van der Waals surface area contributed by atoms with E-state index in [-0.39, 0.29) is 19.1 Å². The number of phosphoric ester groups is 1. The lowest BCUT2D eigenvalue weighted by Crippen LogP contribution is -2.45. The van der Waals surface area contributed by atoms with Crippen molar-refractivity contribution >= 4 is 13.7 Å². The SMILES string of the molecule is CCCCCCCCC/C=C/CC/C=C/[C@@H](O)[C@H](COP(=O)(O)OCC[N+](C)(C)C)NC(=O)CCCCCCCCCCCCCCCCCC. The number of hydrogen-bond donors (Lipinski definition) is 3. The Morgan fingerprint density at radius 1 is 0.647 bits per heavy atom. The summed E-state index contributed by atoms with van der Waals surface area (Å²) in [6, 6.07) is -0.856. The molecule has 0 fully saturated rings. The van der Waals surface area contributed by atoms with Crippen LogP contribution in [-0.2, 0) is 18.4 Å². The van der Waals surface area contributed by atoms with E-state index in [4.69, 9.17) is 9.05 Å². The molecule has 0 saturated heterocycles. The monoisotopic (exact) mass is 744 g/mol. The lowest BCUT2D eigenvalue weighted by molar-refractivity contribution is -0.870. The van der Waals surface area contributed by atoms with Gasteiger partial charge in [-0.05, 0) is 32.1 Å². The number of phosphoric acid groups is 1. The molecule has 1 amide bonds. The van der Waals surface area contributed by atoms with E-state index in [0.717, 1.165) is 38.5 Å². The zero-order chi connectivity index (χ0) is 37.9. The molecule has 0 aliphatic rings. The molecule has 3 atom stereocenters. The van der Waals surface area contributed by atoms with Gasteiger partial charge in [-0.2, -0.15) is 0 Å². The zero-order valence-electron chi connectivity index (χ0n) is 34.1. The van der Waals surface area contributed by atoms with Crippen LogP contribution in [-0.4, -0.2) is 73.4 Å². The fourth-order valence-corrected chi connectivity index (χ4v) is 6.73. The number of aliphatic hydroxyl groups is 1. The van der Waals surface area contributed by atoms with Gasteiger partial charge in [0.1, 0.15) is 13.2 Å². The molecule has 0 bridgehead atoms. The summed E-state index contributed by atoms with van der Waals surface area (Å²) in [6.45, 7) is 4.78. The molecular formula is C42H84N2O6P+. The van der Waals surface area contributed by atoms with Crippen molar-refractivity contribution in [3.63, 3.8) is 0 Å². The molecule has 0 aromatic heterocycles. The van der Waals surface area contributed by atoms with E-state index < -0.39 is 20.0 Å². The van der Waals surface area contributed by atoms with E-state index in [1.807, 2.05) is 27.2 Å². The minimum atomic E-state index is -4.34. The van der Waals surface area contributed by atoms with E-state index in [1.165, 1.54) is 128 Å². The van der Waals surface area contributed by atoms with Crippen molar-refractivity contribution in [3.8, 4) is 0 Å². The molecule has 0 aromatic carbocycles. The van der Waals surface area contributed by atoms with Gasteiger partial charge in [-0.15, -0.1) is 0 Å². The summed E-state index contributed by atoms with van der Waals surface area (Å²) in [5.74, 6) is -0.187. The summed E-state index contributed by atoms with van der Waals surface area (Å²) in [5.41, 5.74) is 0. The Bertz CT molecular complexity index is 891. The second-order valence-corrected chi connectivity index (χ2v) is 17.2. The van der Waals surface area contributed by atoms with Crippen LogP contribution in [0.15, 0.2) is 24.3 Å². The molecule has 0 radical (unpaired) electrons. The van der Waals surface area contributed by atoms with Gasteiger partial charge in [0.2, 0.25) is 5.91 Å². The van der Waals surface area contributed by atoms with E-state index in [2.05, 4.69) is 31.3 Å². The van der Waals surface area contributed by atoms with Crippen molar-refractivity contribution in [2.45, 2.75) is 199 Å². The zero-order valence-corrected chi connectivity index (χ0v) is 35.0. The summed E-state index contributed by atoms with van der Waals surface area (Å²) in [4.78, 5) is 23.0. The van der Waals surface area contributed by atoms with Gasteiger partial charge >= 0.3 is 7.82 Å². The second kappa shape index (κ2) is 34.7. The molecule has 0 aromatic rings. The Morgan fingerprint density at radius 2 is 1.08 bits per heavy atom. The number of allylic oxidation sites excluding steroid dienone is 3. The van der Waals surface area contributed by atoms with E-state index >= 15 is 0 Å². The van der Waals surface area contributed by atoms with Crippen molar-refractivity contribution in [2.24, 2.45) is 0 Å². The highest BCUT2D eigenvalue weighted by Crippen LogP contribution is 2.43. The van der Waals surface area contributed by atoms with Crippen molar-refractivity contribution in [2.75, 3.05) is 40.9 Å². The number of aliphatic hydroxyl groups excluding tert-OH is 1. The van der Waals surface area contributed by atoms with Crippen molar-refractivity contribution in [1.29, 1.82) is 0 Å². The third kappa shape index (κ3) is 37.1. The molecule has 302 valence electrons. The Balaban J connectivity index is 4.47. The Labute approximate surface area is 315 Å². The number of quaternary nitrogens is 1. The summed E-state index contributed by atoms with van der Waals surface area (Å²) in [7, 11) is 1.56. The number of nitrogens with zero attached hydrogens (tertiary/aromatic N) is 1. The molecular weight excluding hydrogens is 659 g/mol. The van der Waals surface area contributed by atoms with Crippen LogP contribution in [0.1, 0.15) is 187 Å². The highest BCUT2D eigenvalue weighted by atomic mass is 31.2. The first kappa shape index (κ1) is 50.0. The third-order valence-electron chi connectivity index (χ3n) is 9.42. The normalized spacial score (nSPS) is 14.7. The molecule has 1 unspecified atom stereocenters. The van der Waals surface area contributed by atoms with Gasteiger partial charge in [0.25, 0.3) is 0 Å². The first-order valence-electron chi connectivity index (χ1n) is 21.2. The highest BCUT2D eigenvalue weighted by Gasteiger charge is 2.27.